The van der Waals surface area contributed by atoms with Crippen molar-refractivity contribution in [2.24, 2.45) is 0 Å². The molecule has 0 fully saturated rings. The van der Waals surface area contributed by atoms with Gasteiger partial charge in [0.1, 0.15) is 0 Å². The van der Waals surface area contributed by atoms with Crippen LogP contribution in [-0.4, -0.2) is 21.5 Å². The van der Waals surface area contributed by atoms with Crippen molar-refractivity contribution in [3.05, 3.63) is 35.4 Å². The van der Waals surface area contributed by atoms with Crippen LogP contribution >= 0.6 is 0 Å². The molecule has 0 heterocycles. The van der Waals surface area contributed by atoms with E-state index in [1.807, 2.05) is 0 Å². The highest BCUT2D eigenvalue weighted by Gasteiger charge is 2.08. The highest BCUT2D eigenvalue weighted by atomic mass is 32.2. The molecule has 1 unspecified atom stereocenters. The summed E-state index contributed by atoms with van der Waals surface area (Å²) >= 11 is -2.67. The minimum Gasteiger partial charge on any atom is -0.750 e. The molecule has 82 valence electrons. The van der Waals surface area contributed by atoms with E-state index in [9.17, 15) is 13.6 Å². The molecular weight excluding hydrogens is 220 g/mol. The third-order valence-electron chi connectivity index (χ3n) is 1.70. The van der Waals surface area contributed by atoms with E-state index >= 15 is 0 Å². The van der Waals surface area contributed by atoms with Gasteiger partial charge in [0.15, 0.2) is 0 Å². The SMILES string of the molecule is Cc1ccccc1C(=O)OCOS(=O)[O-]. The van der Waals surface area contributed by atoms with Crippen LogP contribution in [0.5, 0.6) is 0 Å². The Kier molecular flexibility index (Phi) is 4.41. The molecule has 0 saturated carbocycles. The van der Waals surface area contributed by atoms with Crippen molar-refractivity contribution in [2.75, 3.05) is 6.79 Å². The van der Waals surface area contributed by atoms with Gasteiger partial charge in [0.25, 0.3) is 0 Å². The summed E-state index contributed by atoms with van der Waals surface area (Å²) in [5.74, 6) is -0.612. The third-order valence-corrected chi connectivity index (χ3v) is 1.99. The summed E-state index contributed by atoms with van der Waals surface area (Å²) in [6.07, 6.45) is 0. The molecule has 0 aromatic heterocycles. The highest BCUT2D eigenvalue weighted by molar-refractivity contribution is 7.74. The molecule has 0 bridgehead atoms. The first-order valence-electron chi connectivity index (χ1n) is 4.06. The lowest BCUT2D eigenvalue weighted by atomic mass is 10.1. The molecular formula is C9H9O5S-. The normalized spacial score (nSPS) is 12.1. The van der Waals surface area contributed by atoms with Crippen LogP contribution in [0.1, 0.15) is 15.9 Å². The van der Waals surface area contributed by atoms with E-state index in [1.54, 1.807) is 31.2 Å². The van der Waals surface area contributed by atoms with Crippen LogP contribution in [0, 0.1) is 6.92 Å². The molecule has 0 N–H and O–H groups in total. The summed E-state index contributed by atoms with van der Waals surface area (Å²) in [7, 11) is 0. The van der Waals surface area contributed by atoms with Crippen LogP contribution in [-0.2, 0) is 20.3 Å². The molecule has 0 amide bonds. The Morgan fingerprint density at radius 3 is 2.73 bits per heavy atom. The Morgan fingerprint density at radius 1 is 1.47 bits per heavy atom. The van der Waals surface area contributed by atoms with Gasteiger partial charge in [-0.15, -0.1) is 0 Å². The quantitative estimate of drug-likeness (QED) is 0.436. The van der Waals surface area contributed by atoms with Crippen molar-refractivity contribution in [2.45, 2.75) is 6.92 Å². The highest BCUT2D eigenvalue weighted by Crippen LogP contribution is 2.08. The molecule has 0 spiro atoms. The van der Waals surface area contributed by atoms with Crippen molar-refractivity contribution in [3.8, 4) is 0 Å². The Morgan fingerprint density at radius 2 is 2.13 bits per heavy atom. The fourth-order valence-corrected chi connectivity index (χ4v) is 1.12. The second kappa shape index (κ2) is 5.59. The van der Waals surface area contributed by atoms with Crippen LogP contribution in [0.3, 0.4) is 0 Å². The average molecular weight is 229 g/mol. The van der Waals surface area contributed by atoms with Crippen molar-refractivity contribution < 1.29 is 22.5 Å². The topological polar surface area (TPSA) is 75.7 Å². The maximum absolute atomic E-state index is 11.3. The molecule has 6 heteroatoms. The first kappa shape index (κ1) is 11.8. The van der Waals surface area contributed by atoms with Gasteiger partial charge in [-0.1, -0.05) is 18.2 Å². The van der Waals surface area contributed by atoms with Gasteiger partial charge in [-0.05, 0) is 18.6 Å². The fourth-order valence-electron chi connectivity index (χ4n) is 0.997. The monoisotopic (exact) mass is 229 g/mol. The Balaban J connectivity index is 2.54. The first-order chi connectivity index (χ1) is 7.11. The van der Waals surface area contributed by atoms with Crippen molar-refractivity contribution in [1.82, 2.24) is 0 Å². The first-order valence-corrected chi connectivity index (χ1v) is 5.06. The number of benzene rings is 1. The standard InChI is InChI=1S/C9H10O5S/c1-7-4-2-3-5-8(7)9(10)13-6-14-15(11)12/h2-5H,6H2,1H3,(H,11,12)/p-1. The van der Waals surface area contributed by atoms with Crippen molar-refractivity contribution in [1.29, 1.82) is 0 Å². The minimum atomic E-state index is -2.67. The summed E-state index contributed by atoms with van der Waals surface area (Å²) < 4.78 is 28.6. The molecule has 1 aromatic carbocycles. The maximum atomic E-state index is 11.3. The molecule has 0 aliphatic heterocycles. The number of hydrogen-bond acceptors (Lipinski definition) is 5. The summed E-state index contributed by atoms with van der Waals surface area (Å²) in [6.45, 7) is 1.15. The van der Waals surface area contributed by atoms with Gasteiger partial charge < -0.3 is 9.29 Å². The van der Waals surface area contributed by atoms with Gasteiger partial charge in [0, 0.05) is 0 Å². The van der Waals surface area contributed by atoms with Crippen molar-refractivity contribution >= 4 is 17.3 Å². The zero-order valence-corrected chi connectivity index (χ0v) is 8.78. The smallest absolute Gasteiger partial charge is 0.340 e. The zero-order chi connectivity index (χ0) is 11.3. The summed E-state index contributed by atoms with van der Waals surface area (Å²) in [5.41, 5.74) is 1.14. The number of rotatable bonds is 4. The average Bonchev–Trinajstić information content (AvgIpc) is 2.17. The summed E-state index contributed by atoms with van der Waals surface area (Å²) in [5, 5.41) is 0. The van der Waals surface area contributed by atoms with Crippen LogP contribution in [0.25, 0.3) is 0 Å². The number of aryl methyl sites for hydroxylation is 1. The van der Waals surface area contributed by atoms with E-state index in [-0.39, 0.29) is 0 Å². The Hall–Kier alpha value is -1.24. The lowest BCUT2D eigenvalue weighted by Gasteiger charge is -2.08. The fraction of sp³-hybridized carbons (Fsp3) is 0.222. The number of carbonyl (C=O) groups is 1. The predicted octanol–water partition coefficient (Wildman–Crippen LogP) is 0.920. The minimum absolute atomic E-state index is 0.387. The molecule has 15 heavy (non-hydrogen) atoms. The van der Waals surface area contributed by atoms with Gasteiger partial charge in [-0.3, -0.25) is 4.18 Å². The third kappa shape index (κ3) is 3.78. The van der Waals surface area contributed by atoms with Gasteiger partial charge in [0.2, 0.25) is 6.79 Å². The van der Waals surface area contributed by atoms with E-state index in [4.69, 9.17) is 0 Å². The number of esters is 1. The molecule has 0 aliphatic carbocycles. The molecule has 1 aromatic rings. The lowest BCUT2D eigenvalue weighted by Crippen LogP contribution is -2.10. The summed E-state index contributed by atoms with van der Waals surface area (Å²) in [6, 6.07) is 6.82. The predicted molar refractivity (Wildman–Crippen MR) is 51.5 cm³/mol. The van der Waals surface area contributed by atoms with E-state index in [1.165, 1.54) is 0 Å². The molecule has 5 nitrogen and oxygen atoms in total. The molecule has 0 radical (unpaired) electrons. The van der Waals surface area contributed by atoms with E-state index in [0.717, 1.165) is 5.56 Å². The van der Waals surface area contributed by atoms with Gasteiger partial charge in [-0.25, -0.2) is 9.00 Å². The molecule has 1 rings (SSSR count). The largest absolute Gasteiger partial charge is 0.750 e. The number of hydrogen-bond donors (Lipinski definition) is 0. The number of carbonyl (C=O) groups excluding carboxylic acids is 1. The molecule has 1 atom stereocenters. The van der Waals surface area contributed by atoms with Gasteiger partial charge in [-0.2, -0.15) is 0 Å². The summed E-state index contributed by atoms with van der Waals surface area (Å²) in [4.78, 5) is 11.3. The van der Waals surface area contributed by atoms with Gasteiger partial charge in [0.05, 0.1) is 16.9 Å². The van der Waals surface area contributed by atoms with E-state index in [0.29, 0.717) is 5.56 Å². The molecule has 0 saturated heterocycles. The van der Waals surface area contributed by atoms with Crippen molar-refractivity contribution in [3.63, 3.8) is 0 Å². The lowest BCUT2D eigenvalue weighted by molar-refractivity contribution is 0.0168. The van der Waals surface area contributed by atoms with E-state index < -0.39 is 24.1 Å². The second-order valence-corrected chi connectivity index (χ2v) is 3.33. The Bertz CT molecular complexity index is 377. The van der Waals surface area contributed by atoms with E-state index in [2.05, 4.69) is 8.92 Å². The van der Waals surface area contributed by atoms with Gasteiger partial charge >= 0.3 is 5.97 Å². The zero-order valence-electron chi connectivity index (χ0n) is 7.97. The van der Waals surface area contributed by atoms with Crippen LogP contribution < -0.4 is 0 Å². The Labute approximate surface area is 89.5 Å². The van der Waals surface area contributed by atoms with Crippen LogP contribution in [0.15, 0.2) is 24.3 Å². The maximum Gasteiger partial charge on any atom is 0.340 e. The van der Waals surface area contributed by atoms with Crippen LogP contribution in [0.4, 0.5) is 0 Å². The number of ether oxygens (including phenoxy) is 1. The second-order valence-electron chi connectivity index (χ2n) is 2.69. The van der Waals surface area contributed by atoms with Crippen LogP contribution in [0.2, 0.25) is 0 Å². The molecule has 0 aliphatic rings.